The topological polar surface area (TPSA) is 78.9 Å². The van der Waals surface area contributed by atoms with Gasteiger partial charge in [-0.3, -0.25) is 9.69 Å². The van der Waals surface area contributed by atoms with Gasteiger partial charge in [0.2, 0.25) is 10.0 Å². The van der Waals surface area contributed by atoms with Gasteiger partial charge in [-0.2, -0.15) is 0 Å². The molecule has 212 valence electrons. The molecule has 0 amide bonds. The number of carbonyl (C=O) groups is 1. The molecule has 3 aromatic rings. The summed E-state index contributed by atoms with van der Waals surface area (Å²) in [6.07, 6.45) is 4.58. The summed E-state index contributed by atoms with van der Waals surface area (Å²) in [7, 11) is -3.67. The van der Waals surface area contributed by atoms with E-state index in [1.807, 2.05) is 37.3 Å². The zero-order chi connectivity index (χ0) is 28.0. The number of hydrogen-bond donors (Lipinski definition) is 1. The number of ether oxygens (including phenoxy) is 1. The van der Waals surface area contributed by atoms with Crippen molar-refractivity contribution in [1.29, 1.82) is 0 Å². The number of likely N-dealkylation sites (tertiary alicyclic amines) is 1. The number of sulfonamides is 1. The Hall–Kier alpha value is -3.20. The first-order valence-electron chi connectivity index (χ1n) is 14.4. The van der Waals surface area contributed by atoms with E-state index in [0.717, 1.165) is 51.1 Å². The van der Waals surface area contributed by atoms with E-state index in [9.17, 15) is 13.2 Å². The average Bonchev–Trinajstić information content (AvgIpc) is 3.51. The van der Waals surface area contributed by atoms with Crippen LogP contribution in [0.1, 0.15) is 56.1 Å². The minimum Gasteiger partial charge on any atom is -0.426 e. The molecular formula is C32H39N3O4S. The SMILES string of the molecule is CCC(C(=O)Oc1ccc(S(=O)(=O)NC2CCN(Cc3ccccc3)CC2)cc1)c1ccc(N2CCCC2)cc1. The van der Waals surface area contributed by atoms with Crippen LogP contribution < -0.4 is 14.4 Å². The van der Waals surface area contributed by atoms with E-state index >= 15 is 0 Å². The van der Waals surface area contributed by atoms with Crippen LogP contribution in [0.25, 0.3) is 0 Å². The highest BCUT2D eigenvalue weighted by Crippen LogP contribution is 2.27. The van der Waals surface area contributed by atoms with Crippen LogP contribution in [0.4, 0.5) is 5.69 Å². The molecule has 5 rings (SSSR count). The minimum atomic E-state index is -3.67. The van der Waals surface area contributed by atoms with E-state index in [2.05, 4.69) is 38.8 Å². The zero-order valence-electron chi connectivity index (χ0n) is 23.2. The molecule has 40 heavy (non-hydrogen) atoms. The molecule has 1 unspecified atom stereocenters. The van der Waals surface area contributed by atoms with E-state index < -0.39 is 10.0 Å². The number of piperidine rings is 1. The second-order valence-corrected chi connectivity index (χ2v) is 12.5. The highest BCUT2D eigenvalue weighted by molar-refractivity contribution is 7.89. The number of esters is 1. The third-order valence-corrected chi connectivity index (χ3v) is 9.51. The molecule has 0 aromatic heterocycles. The maximum absolute atomic E-state index is 13.0. The Labute approximate surface area is 238 Å². The lowest BCUT2D eigenvalue weighted by molar-refractivity contribution is -0.136. The van der Waals surface area contributed by atoms with E-state index in [1.165, 1.54) is 36.2 Å². The van der Waals surface area contributed by atoms with Crippen LogP contribution in [0.3, 0.4) is 0 Å². The number of carbonyl (C=O) groups excluding carboxylic acids is 1. The molecule has 1 N–H and O–H groups in total. The maximum atomic E-state index is 13.0. The Morgan fingerprint density at radius 3 is 2.17 bits per heavy atom. The van der Waals surface area contributed by atoms with Gasteiger partial charge < -0.3 is 9.64 Å². The molecule has 2 aliphatic rings. The van der Waals surface area contributed by atoms with Crippen molar-refractivity contribution >= 4 is 21.7 Å². The monoisotopic (exact) mass is 561 g/mol. The Morgan fingerprint density at radius 1 is 0.900 bits per heavy atom. The molecule has 2 saturated heterocycles. The lowest BCUT2D eigenvalue weighted by atomic mass is 9.96. The van der Waals surface area contributed by atoms with Gasteiger partial charge in [-0.05, 0) is 79.6 Å². The van der Waals surface area contributed by atoms with Gasteiger partial charge in [-0.15, -0.1) is 0 Å². The fourth-order valence-electron chi connectivity index (χ4n) is 5.64. The molecule has 3 aromatic carbocycles. The number of benzene rings is 3. The van der Waals surface area contributed by atoms with Gasteiger partial charge >= 0.3 is 5.97 Å². The van der Waals surface area contributed by atoms with E-state index in [-0.39, 0.29) is 22.8 Å². The van der Waals surface area contributed by atoms with Crippen molar-refractivity contribution in [3.63, 3.8) is 0 Å². The number of rotatable bonds is 10. The first-order chi connectivity index (χ1) is 19.4. The van der Waals surface area contributed by atoms with Crippen LogP contribution in [0.2, 0.25) is 0 Å². The molecule has 2 fully saturated rings. The molecule has 2 aliphatic heterocycles. The molecule has 7 nitrogen and oxygen atoms in total. The maximum Gasteiger partial charge on any atom is 0.318 e. The summed E-state index contributed by atoms with van der Waals surface area (Å²) in [5, 5.41) is 0. The summed E-state index contributed by atoms with van der Waals surface area (Å²) in [4.78, 5) is 17.9. The quantitative estimate of drug-likeness (QED) is 0.266. The first-order valence-corrected chi connectivity index (χ1v) is 15.8. The van der Waals surface area contributed by atoms with Gasteiger partial charge in [0.15, 0.2) is 0 Å². The highest BCUT2D eigenvalue weighted by atomic mass is 32.2. The van der Waals surface area contributed by atoms with Crippen LogP contribution in [-0.4, -0.2) is 51.5 Å². The molecule has 1 atom stereocenters. The molecule has 8 heteroatoms. The van der Waals surface area contributed by atoms with Gasteiger partial charge in [0.25, 0.3) is 0 Å². The number of hydrogen-bond acceptors (Lipinski definition) is 6. The van der Waals surface area contributed by atoms with Gasteiger partial charge in [0.1, 0.15) is 5.75 Å². The molecule has 0 saturated carbocycles. The summed E-state index contributed by atoms with van der Waals surface area (Å²) >= 11 is 0. The van der Waals surface area contributed by atoms with Gasteiger partial charge in [-0.1, -0.05) is 49.4 Å². The van der Waals surface area contributed by atoms with Crippen molar-refractivity contribution in [3.05, 3.63) is 90.0 Å². The fourth-order valence-corrected chi connectivity index (χ4v) is 6.95. The number of nitrogens with zero attached hydrogens (tertiary/aromatic N) is 2. The molecule has 0 spiro atoms. The Morgan fingerprint density at radius 2 is 1.55 bits per heavy atom. The van der Waals surface area contributed by atoms with Crippen LogP contribution in [0.5, 0.6) is 5.75 Å². The van der Waals surface area contributed by atoms with Crippen LogP contribution >= 0.6 is 0 Å². The van der Waals surface area contributed by atoms with Crippen molar-refractivity contribution in [1.82, 2.24) is 9.62 Å². The molecule has 0 aliphatic carbocycles. The summed E-state index contributed by atoms with van der Waals surface area (Å²) in [6, 6.07) is 24.5. The predicted octanol–water partition coefficient (Wildman–Crippen LogP) is 5.33. The number of anilines is 1. The molecule has 2 heterocycles. The summed E-state index contributed by atoms with van der Waals surface area (Å²) in [5.74, 6) is -0.386. The van der Waals surface area contributed by atoms with Crippen molar-refractivity contribution < 1.29 is 17.9 Å². The average molecular weight is 562 g/mol. The number of nitrogens with one attached hydrogen (secondary N) is 1. The Kier molecular flexibility index (Phi) is 9.19. The Bertz CT molecular complexity index is 1350. The molecular weight excluding hydrogens is 522 g/mol. The van der Waals surface area contributed by atoms with Crippen LogP contribution in [0.15, 0.2) is 83.8 Å². The lowest BCUT2D eigenvalue weighted by Gasteiger charge is -2.32. The normalized spacial score (nSPS) is 17.6. The van der Waals surface area contributed by atoms with Gasteiger partial charge in [0, 0.05) is 44.5 Å². The van der Waals surface area contributed by atoms with Crippen LogP contribution in [-0.2, 0) is 21.4 Å². The zero-order valence-corrected chi connectivity index (χ0v) is 24.0. The second-order valence-electron chi connectivity index (χ2n) is 10.8. The molecule has 0 radical (unpaired) electrons. The second kappa shape index (κ2) is 13.0. The summed E-state index contributed by atoms with van der Waals surface area (Å²) in [6.45, 7) is 6.69. The van der Waals surface area contributed by atoms with Crippen molar-refractivity contribution in [3.8, 4) is 5.75 Å². The van der Waals surface area contributed by atoms with Gasteiger partial charge in [-0.25, -0.2) is 13.1 Å². The van der Waals surface area contributed by atoms with E-state index in [1.54, 1.807) is 12.1 Å². The third-order valence-electron chi connectivity index (χ3n) is 7.97. The highest BCUT2D eigenvalue weighted by Gasteiger charge is 2.26. The Balaban J connectivity index is 1.13. The largest absolute Gasteiger partial charge is 0.426 e. The predicted molar refractivity (Wildman–Crippen MR) is 158 cm³/mol. The first kappa shape index (κ1) is 28.3. The third kappa shape index (κ3) is 7.11. The standard InChI is InChI=1S/C32H39N3O4S/c1-2-31(26-10-12-28(13-11-26)35-20-6-7-21-35)32(36)39-29-14-16-30(17-15-29)40(37,38)33-27-18-22-34(23-19-27)24-25-8-4-3-5-9-25/h3-5,8-17,27,31,33H,2,6-7,18-24H2,1H3. The van der Waals surface area contributed by atoms with Crippen molar-refractivity contribution in [2.24, 2.45) is 0 Å². The minimum absolute atomic E-state index is 0.100. The molecule has 0 bridgehead atoms. The summed E-state index contributed by atoms with van der Waals surface area (Å²) in [5.41, 5.74) is 3.38. The fraction of sp³-hybridized carbons (Fsp3) is 0.406. The smallest absolute Gasteiger partial charge is 0.318 e. The van der Waals surface area contributed by atoms with Gasteiger partial charge in [0.05, 0.1) is 10.8 Å². The van der Waals surface area contributed by atoms with Crippen LogP contribution in [0, 0.1) is 0 Å². The van der Waals surface area contributed by atoms with Crippen molar-refractivity contribution in [2.75, 3.05) is 31.1 Å². The lowest BCUT2D eigenvalue weighted by Crippen LogP contribution is -2.44. The van der Waals surface area contributed by atoms with E-state index in [4.69, 9.17) is 4.74 Å². The van der Waals surface area contributed by atoms with Crippen molar-refractivity contribution in [2.45, 2.75) is 62.4 Å². The van der Waals surface area contributed by atoms with E-state index in [0.29, 0.717) is 12.2 Å². The summed E-state index contributed by atoms with van der Waals surface area (Å²) < 4.78 is 34.6.